The summed E-state index contributed by atoms with van der Waals surface area (Å²) >= 11 is 0.566. The van der Waals surface area contributed by atoms with Gasteiger partial charge in [0.05, 0.1) is 17.9 Å². The standard InChI is InChI=1S/C7H13FN2O4S2/c1-9(6(8)11)15-10(2)7(12)14-4-5-16(3)13/h4-5H2,1-3H3. The molecule has 1 atom stereocenters. The number of hydrogen-bond acceptors (Lipinski definition) is 5. The highest BCUT2D eigenvalue weighted by atomic mass is 32.2. The van der Waals surface area contributed by atoms with Gasteiger partial charge in [0, 0.05) is 31.2 Å². The first-order valence-electron chi connectivity index (χ1n) is 4.16. The van der Waals surface area contributed by atoms with Gasteiger partial charge in [-0.15, -0.1) is 4.39 Å². The summed E-state index contributed by atoms with van der Waals surface area (Å²) in [5.74, 6) is 0.238. The molecule has 6 nitrogen and oxygen atoms in total. The molecule has 0 saturated heterocycles. The number of halogens is 1. The molecule has 0 aliphatic rings. The van der Waals surface area contributed by atoms with Crippen molar-refractivity contribution in [3.63, 3.8) is 0 Å². The molecule has 94 valence electrons. The molecule has 0 aromatic carbocycles. The third-order valence-electron chi connectivity index (χ3n) is 1.35. The monoisotopic (exact) mass is 272 g/mol. The molecule has 0 radical (unpaired) electrons. The third kappa shape index (κ3) is 6.62. The second-order valence-electron chi connectivity index (χ2n) is 2.72. The number of rotatable bonds is 5. The van der Waals surface area contributed by atoms with Crippen LogP contribution in [-0.2, 0) is 15.5 Å². The van der Waals surface area contributed by atoms with E-state index in [1.54, 1.807) is 0 Å². The highest BCUT2D eigenvalue weighted by molar-refractivity contribution is 7.95. The molecule has 0 bridgehead atoms. The molecule has 16 heavy (non-hydrogen) atoms. The van der Waals surface area contributed by atoms with Crippen molar-refractivity contribution in [2.24, 2.45) is 0 Å². The van der Waals surface area contributed by atoms with E-state index >= 15 is 0 Å². The van der Waals surface area contributed by atoms with E-state index in [2.05, 4.69) is 0 Å². The van der Waals surface area contributed by atoms with Gasteiger partial charge < -0.3 is 4.74 Å². The van der Waals surface area contributed by atoms with Crippen LogP contribution < -0.4 is 0 Å². The van der Waals surface area contributed by atoms with E-state index in [-0.39, 0.29) is 12.4 Å². The zero-order valence-electron chi connectivity index (χ0n) is 9.14. The molecule has 0 saturated carbocycles. The maximum Gasteiger partial charge on any atom is 0.420 e. The highest BCUT2D eigenvalue weighted by Crippen LogP contribution is 2.13. The van der Waals surface area contributed by atoms with Gasteiger partial charge in [-0.05, 0) is 0 Å². The van der Waals surface area contributed by atoms with Gasteiger partial charge in [0.1, 0.15) is 6.61 Å². The van der Waals surface area contributed by atoms with Crippen LogP contribution in [0.2, 0.25) is 0 Å². The van der Waals surface area contributed by atoms with E-state index in [1.165, 1.54) is 20.4 Å². The minimum Gasteiger partial charge on any atom is -0.448 e. The summed E-state index contributed by atoms with van der Waals surface area (Å²) in [7, 11) is 1.47. The molecule has 0 aromatic heterocycles. The van der Waals surface area contributed by atoms with Gasteiger partial charge in [-0.3, -0.25) is 4.21 Å². The summed E-state index contributed by atoms with van der Waals surface area (Å²) in [6, 6.07) is 0. The first-order chi connectivity index (χ1) is 7.34. The first-order valence-corrected chi connectivity index (χ1v) is 6.62. The number of ether oxygens (including phenoxy) is 1. The number of carbonyl (C=O) groups is 2. The molecule has 0 aromatic rings. The average molecular weight is 272 g/mol. The van der Waals surface area contributed by atoms with Crippen molar-refractivity contribution in [2.75, 3.05) is 32.7 Å². The van der Waals surface area contributed by atoms with Crippen LogP contribution in [0.3, 0.4) is 0 Å². The van der Waals surface area contributed by atoms with Gasteiger partial charge >= 0.3 is 12.3 Å². The molecule has 0 rings (SSSR count). The van der Waals surface area contributed by atoms with Gasteiger partial charge in [-0.25, -0.2) is 18.2 Å². The zero-order valence-corrected chi connectivity index (χ0v) is 10.8. The lowest BCUT2D eigenvalue weighted by Gasteiger charge is -2.19. The minimum absolute atomic E-state index is 0.0140. The van der Waals surface area contributed by atoms with Crippen molar-refractivity contribution in [1.82, 2.24) is 8.61 Å². The van der Waals surface area contributed by atoms with Crippen molar-refractivity contribution in [2.45, 2.75) is 0 Å². The molecule has 0 spiro atoms. The maximum atomic E-state index is 12.1. The smallest absolute Gasteiger partial charge is 0.420 e. The van der Waals surface area contributed by atoms with Crippen molar-refractivity contribution < 1.29 is 22.9 Å². The molecule has 1 unspecified atom stereocenters. The Morgan fingerprint density at radius 3 is 2.38 bits per heavy atom. The molecule has 0 aliphatic carbocycles. The lowest BCUT2D eigenvalue weighted by atomic mass is 10.8. The second kappa shape index (κ2) is 7.44. The maximum absolute atomic E-state index is 12.1. The zero-order chi connectivity index (χ0) is 12.7. The Labute approximate surface area is 99.8 Å². The van der Waals surface area contributed by atoms with E-state index in [0.29, 0.717) is 16.4 Å². The predicted octanol–water partition coefficient (Wildman–Crippen LogP) is 1.02. The van der Waals surface area contributed by atoms with Gasteiger partial charge in [0.25, 0.3) is 0 Å². The van der Waals surface area contributed by atoms with Crippen LogP contribution in [0.4, 0.5) is 14.0 Å². The topological polar surface area (TPSA) is 66.9 Å². The van der Waals surface area contributed by atoms with Crippen molar-refractivity contribution in [1.29, 1.82) is 0 Å². The number of hydrogen-bond donors (Lipinski definition) is 0. The van der Waals surface area contributed by atoms with E-state index < -0.39 is 23.1 Å². The number of amides is 2. The summed E-state index contributed by atoms with van der Waals surface area (Å²) in [6.07, 6.45) is -0.912. The molecule has 0 heterocycles. The summed E-state index contributed by atoms with van der Waals surface area (Å²) in [5.41, 5.74) is 0. The van der Waals surface area contributed by atoms with Crippen molar-refractivity contribution >= 4 is 35.2 Å². The van der Waals surface area contributed by atoms with Gasteiger partial charge in [0.15, 0.2) is 0 Å². The van der Waals surface area contributed by atoms with Gasteiger partial charge in [-0.2, -0.15) is 0 Å². The fourth-order valence-electron chi connectivity index (χ4n) is 0.586. The van der Waals surface area contributed by atoms with E-state index in [1.807, 2.05) is 0 Å². The van der Waals surface area contributed by atoms with E-state index in [9.17, 15) is 18.2 Å². The van der Waals surface area contributed by atoms with Gasteiger partial charge in [0.2, 0.25) is 0 Å². The van der Waals surface area contributed by atoms with Crippen LogP contribution in [0, 0.1) is 0 Å². The largest absolute Gasteiger partial charge is 0.448 e. The molecular weight excluding hydrogens is 259 g/mol. The van der Waals surface area contributed by atoms with Crippen LogP contribution in [-0.4, -0.2) is 57.8 Å². The minimum atomic E-state index is -1.67. The Balaban J connectivity index is 3.90. The molecule has 0 aliphatic heterocycles. The fourth-order valence-corrected chi connectivity index (χ4v) is 1.46. The SMILES string of the molecule is CN(SN(C)C(=O)OCCS(C)=O)C(=O)F. The Morgan fingerprint density at radius 2 is 1.94 bits per heavy atom. The van der Waals surface area contributed by atoms with Crippen LogP contribution >= 0.6 is 12.1 Å². The number of carbonyl (C=O) groups excluding carboxylic acids is 2. The van der Waals surface area contributed by atoms with E-state index in [4.69, 9.17) is 4.74 Å². The van der Waals surface area contributed by atoms with Crippen LogP contribution in [0.25, 0.3) is 0 Å². The fraction of sp³-hybridized carbons (Fsp3) is 0.714. The summed E-state index contributed by atoms with van der Waals surface area (Å²) in [4.78, 5) is 21.4. The molecule has 0 N–H and O–H groups in total. The quantitative estimate of drug-likeness (QED) is 0.424. The summed E-state index contributed by atoms with van der Waals surface area (Å²) in [6.45, 7) is 0.0140. The van der Waals surface area contributed by atoms with Gasteiger partial charge in [-0.1, -0.05) is 0 Å². The Hall–Kier alpha value is -0.830. The molecular formula is C7H13FN2O4S2. The Kier molecular flexibility index (Phi) is 7.06. The highest BCUT2D eigenvalue weighted by Gasteiger charge is 2.16. The van der Waals surface area contributed by atoms with Crippen LogP contribution in [0.5, 0.6) is 0 Å². The molecule has 0 fully saturated rings. The predicted molar refractivity (Wildman–Crippen MR) is 59.9 cm³/mol. The first kappa shape index (κ1) is 15.2. The number of nitrogens with zero attached hydrogens (tertiary/aromatic N) is 2. The second-order valence-corrected chi connectivity index (χ2v) is 5.53. The lowest BCUT2D eigenvalue weighted by molar-refractivity contribution is 0.138. The molecule has 9 heteroatoms. The van der Waals surface area contributed by atoms with Crippen LogP contribution in [0.1, 0.15) is 0 Å². The van der Waals surface area contributed by atoms with Crippen molar-refractivity contribution in [3.05, 3.63) is 0 Å². The Morgan fingerprint density at radius 1 is 1.38 bits per heavy atom. The van der Waals surface area contributed by atoms with Crippen LogP contribution in [0.15, 0.2) is 0 Å². The molecule has 2 amide bonds. The third-order valence-corrected chi connectivity index (χ3v) is 2.87. The lowest BCUT2D eigenvalue weighted by Crippen LogP contribution is -2.28. The Bertz CT molecular complexity index is 290. The van der Waals surface area contributed by atoms with Crippen molar-refractivity contribution in [3.8, 4) is 0 Å². The van der Waals surface area contributed by atoms with E-state index in [0.717, 1.165) is 4.31 Å². The normalized spacial score (nSPS) is 11.8. The summed E-state index contributed by atoms with van der Waals surface area (Å²) < 4.78 is 29.1. The summed E-state index contributed by atoms with van der Waals surface area (Å²) in [5, 5.41) is 0. The average Bonchev–Trinajstić information content (AvgIpc) is 2.16.